The van der Waals surface area contributed by atoms with Crippen LogP contribution in [0.1, 0.15) is 58.6 Å². The zero-order valence-electron chi connectivity index (χ0n) is 20.2. The summed E-state index contributed by atoms with van der Waals surface area (Å²) < 4.78 is 28.7. The maximum absolute atomic E-state index is 13.6. The maximum atomic E-state index is 13.6. The molecule has 2 N–H and O–H groups in total. The van der Waals surface area contributed by atoms with Crippen molar-refractivity contribution in [3.05, 3.63) is 52.3 Å². The number of rotatable bonds is 6. The Balaban J connectivity index is 1.44. The van der Waals surface area contributed by atoms with Gasteiger partial charge in [0.05, 0.1) is 5.56 Å². The van der Waals surface area contributed by atoms with Crippen LogP contribution >= 0.6 is 0 Å². The summed E-state index contributed by atoms with van der Waals surface area (Å²) in [6.07, 6.45) is 2.79. The van der Waals surface area contributed by atoms with E-state index in [2.05, 4.69) is 10.3 Å². The van der Waals surface area contributed by atoms with Crippen molar-refractivity contribution in [1.29, 1.82) is 0 Å². The average Bonchev–Trinajstić information content (AvgIpc) is 3.46. The van der Waals surface area contributed by atoms with Gasteiger partial charge in [-0.25, -0.2) is 8.42 Å². The predicted molar refractivity (Wildman–Crippen MR) is 130 cm³/mol. The molecule has 3 heterocycles. The van der Waals surface area contributed by atoms with Crippen LogP contribution in [-0.2, 0) is 21.4 Å². The molecule has 2 saturated heterocycles. The van der Waals surface area contributed by atoms with Crippen LogP contribution in [0.5, 0.6) is 0 Å². The van der Waals surface area contributed by atoms with E-state index in [1.54, 1.807) is 18.7 Å². The molecule has 8 nitrogen and oxygen atoms in total. The van der Waals surface area contributed by atoms with Crippen molar-refractivity contribution in [2.45, 2.75) is 57.9 Å². The number of aromatic amines is 1. The third-order valence-electron chi connectivity index (χ3n) is 7.06. The number of aromatic nitrogens is 1. The molecule has 0 bridgehead atoms. The van der Waals surface area contributed by atoms with Crippen molar-refractivity contribution in [3.63, 3.8) is 0 Å². The van der Waals surface area contributed by atoms with E-state index in [1.165, 1.54) is 4.31 Å². The summed E-state index contributed by atoms with van der Waals surface area (Å²) in [4.78, 5) is 30.8. The maximum Gasteiger partial charge on any atom is 0.257 e. The second-order valence-electron chi connectivity index (χ2n) is 9.40. The number of benzene rings is 1. The molecule has 0 spiro atoms. The molecule has 0 unspecified atom stereocenters. The molecule has 1 aromatic heterocycles. The summed E-state index contributed by atoms with van der Waals surface area (Å²) in [6, 6.07) is 7.92. The van der Waals surface area contributed by atoms with Crippen LogP contribution in [0.3, 0.4) is 0 Å². The van der Waals surface area contributed by atoms with E-state index in [0.29, 0.717) is 43.9 Å². The largest absolute Gasteiger partial charge is 0.361 e. The molecule has 4 rings (SSSR count). The van der Waals surface area contributed by atoms with Crippen molar-refractivity contribution < 1.29 is 18.0 Å². The number of nitrogens with zero attached hydrogens (tertiary/aromatic N) is 2. The zero-order valence-corrected chi connectivity index (χ0v) is 21.0. The number of aryl methyl sites for hydroxylation is 3. The topological polar surface area (TPSA) is 103 Å². The SMILES string of the molecule is Cc1ccccc1CNC(=O)C1CCN(S(=O)(=O)c2c(C)[nH]c(C)c2C(=O)N2CCCC2)CC1. The van der Waals surface area contributed by atoms with E-state index >= 15 is 0 Å². The van der Waals surface area contributed by atoms with Crippen LogP contribution in [0.2, 0.25) is 0 Å². The summed E-state index contributed by atoms with van der Waals surface area (Å²) in [6.45, 7) is 7.76. The Labute approximate surface area is 201 Å². The molecule has 1 aromatic carbocycles. The first kappa shape index (κ1) is 24.5. The Morgan fingerprint density at radius 1 is 1.00 bits per heavy atom. The van der Waals surface area contributed by atoms with Crippen LogP contribution in [0.15, 0.2) is 29.2 Å². The summed E-state index contributed by atoms with van der Waals surface area (Å²) in [7, 11) is -3.86. The minimum atomic E-state index is -3.86. The molecule has 0 atom stereocenters. The molecule has 0 radical (unpaired) electrons. The number of amides is 2. The second-order valence-corrected chi connectivity index (χ2v) is 11.3. The normalized spacial score (nSPS) is 17.8. The van der Waals surface area contributed by atoms with E-state index in [-0.39, 0.29) is 41.3 Å². The molecule has 2 aliphatic heterocycles. The fourth-order valence-corrected chi connectivity index (χ4v) is 6.93. The lowest BCUT2D eigenvalue weighted by Gasteiger charge is -2.31. The van der Waals surface area contributed by atoms with Gasteiger partial charge in [-0.2, -0.15) is 4.31 Å². The first-order valence-corrected chi connectivity index (χ1v) is 13.4. The van der Waals surface area contributed by atoms with Gasteiger partial charge in [-0.15, -0.1) is 0 Å². The Hall–Kier alpha value is -2.65. The zero-order chi connectivity index (χ0) is 24.5. The Morgan fingerprint density at radius 2 is 1.65 bits per heavy atom. The summed E-state index contributed by atoms with van der Waals surface area (Å²) in [5, 5.41) is 3.00. The Bertz CT molecular complexity index is 1170. The van der Waals surface area contributed by atoms with Gasteiger partial charge in [0.2, 0.25) is 15.9 Å². The van der Waals surface area contributed by atoms with Crippen molar-refractivity contribution in [2.24, 2.45) is 5.92 Å². The molecule has 2 aromatic rings. The highest BCUT2D eigenvalue weighted by atomic mass is 32.2. The third-order valence-corrected chi connectivity index (χ3v) is 9.13. The molecular formula is C25H34N4O4S. The van der Waals surface area contributed by atoms with Gasteiger partial charge in [0, 0.05) is 50.0 Å². The van der Waals surface area contributed by atoms with Gasteiger partial charge < -0.3 is 15.2 Å². The number of carbonyl (C=O) groups excluding carboxylic acids is 2. The van der Waals surface area contributed by atoms with Gasteiger partial charge in [0.25, 0.3) is 5.91 Å². The smallest absolute Gasteiger partial charge is 0.257 e. The van der Waals surface area contributed by atoms with Crippen LogP contribution in [0.25, 0.3) is 0 Å². The lowest BCUT2D eigenvalue weighted by molar-refractivity contribution is -0.126. The number of piperidine rings is 1. The highest BCUT2D eigenvalue weighted by Gasteiger charge is 2.38. The molecule has 2 aliphatic rings. The predicted octanol–water partition coefficient (Wildman–Crippen LogP) is 2.89. The molecule has 0 saturated carbocycles. The van der Waals surface area contributed by atoms with E-state index in [4.69, 9.17) is 0 Å². The standard InChI is InChI=1S/C25H34N4O4S/c1-17-8-4-5-9-21(17)16-26-24(30)20-10-14-29(15-11-20)34(32,33)23-19(3)27-18(2)22(23)25(31)28-12-6-7-13-28/h4-5,8-9,20,27H,6-7,10-16H2,1-3H3,(H,26,30). The van der Waals surface area contributed by atoms with E-state index in [0.717, 1.165) is 24.0 Å². The molecule has 9 heteroatoms. The molecular weight excluding hydrogens is 452 g/mol. The van der Waals surface area contributed by atoms with Gasteiger partial charge in [-0.1, -0.05) is 24.3 Å². The number of hydrogen-bond acceptors (Lipinski definition) is 4. The Kier molecular flexibility index (Phi) is 7.14. The monoisotopic (exact) mass is 486 g/mol. The summed E-state index contributed by atoms with van der Waals surface area (Å²) >= 11 is 0. The molecule has 184 valence electrons. The van der Waals surface area contributed by atoms with E-state index in [1.807, 2.05) is 31.2 Å². The van der Waals surface area contributed by atoms with Crippen molar-refractivity contribution in [3.8, 4) is 0 Å². The van der Waals surface area contributed by atoms with E-state index < -0.39 is 10.0 Å². The number of carbonyl (C=O) groups is 2. The number of hydrogen-bond donors (Lipinski definition) is 2. The minimum absolute atomic E-state index is 0.0427. The van der Waals surface area contributed by atoms with Gasteiger partial charge in [-0.05, 0) is 57.6 Å². The van der Waals surface area contributed by atoms with Gasteiger partial charge in [0.1, 0.15) is 4.90 Å². The average molecular weight is 487 g/mol. The van der Waals surface area contributed by atoms with Crippen LogP contribution in [0.4, 0.5) is 0 Å². The fourth-order valence-electron chi connectivity index (χ4n) is 5.04. The second kappa shape index (κ2) is 9.92. The number of likely N-dealkylation sites (tertiary alicyclic amines) is 1. The quantitative estimate of drug-likeness (QED) is 0.655. The van der Waals surface area contributed by atoms with Crippen molar-refractivity contribution in [1.82, 2.24) is 19.5 Å². The van der Waals surface area contributed by atoms with E-state index in [9.17, 15) is 18.0 Å². The lowest BCUT2D eigenvalue weighted by atomic mass is 9.97. The lowest BCUT2D eigenvalue weighted by Crippen LogP contribution is -2.43. The van der Waals surface area contributed by atoms with Crippen molar-refractivity contribution in [2.75, 3.05) is 26.2 Å². The van der Waals surface area contributed by atoms with Crippen LogP contribution in [-0.4, -0.2) is 60.6 Å². The minimum Gasteiger partial charge on any atom is -0.361 e. The molecule has 34 heavy (non-hydrogen) atoms. The first-order valence-electron chi connectivity index (χ1n) is 12.0. The van der Waals surface area contributed by atoms with Crippen LogP contribution in [0, 0.1) is 26.7 Å². The number of H-pyrrole nitrogens is 1. The third kappa shape index (κ3) is 4.77. The Morgan fingerprint density at radius 3 is 2.29 bits per heavy atom. The highest BCUT2D eigenvalue weighted by molar-refractivity contribution is 7.89. The fraction of sp³-hybridized carbons (Fsp3) is 0.520. The highest BCUT2D eigenvalue weighted by Crippen LogP contribution is 2.31. The number of sulfonamides is 1. The molecule has 0 aliphatic carbocycles. The van der Waals surface area contributed by atoms with Gasteiger partial charge in [0.15, 0.2) is 0 Å². The number of nitrogens with one attached hydrogen (secondary N) is 2. The summed E-state index contributed by atoms with van der Waals surface area (Å²) in [5.41, 5.74) is 3.53. The van der Waals surface area contributed by atoms with Crippen LogP contribution < -0.4 is 5.32 Å². The van der Waals surface area contributed by atoms with Crippen molar-refractivity contribution >= 4 is 21.8 Å². The first-order chi connectivity index (χ1) is 16.2. The van der Waals surface area contributed by atoms with Gasteiger partial charge in [-0.3, -0.25) is 9.59 Å². The molecule has 2 fully saturated rings. The molecule has 2 amide bonds. The summed E-state index contributed by atoms with van der Waals surface area (Å²) in [5.74, 6) is -0.488. The van der Waals surface area contributed by atoms with Gasteiger partial charge >= 0.3 is 0 Å².